The molecular formula is C26H27N3O4S. The zero-order chi connectivity index (χ0) is 24.4. The van der Waals surface area contributed by atoms with Gasteiger partial charge in [-0.2, -0.15) is 0 Å². The first-order valence-corrected chi connectivity index (χ1v) is 12.0. The van der Waals surface area contributed by atoms with E-state index in [9.17, 15) is 14.4 Å². The molecule has 34 heavy (non-hydrogen) atoms. The largest absolute Gasteiger partial charge is 0.459 e. The predicted octanol–water partition coefficient (Wildman–Crippen LogP) is 5.19. The van der Waals surface area contributed by atoms with Gasteiger partial charge in [0, 0.05) is 21.5 Å². The fourth-order valence-electron chi connectivity index (χ4n) is 3.85. The maximum atomic E-state index is 13.3. The van der Waals surface area contributed by atoms with E-state index in [2.05, 4.69) is 10.6 Å². The predicted molar refractivity (Wildman–Crippen MR) is 132 cm³/mol. The van der Waals surface area contributed by atoms with E-state index in [1.807, 2.05) is 64.1 Å². The van der Waals surface area contributed by atoms with Gasteiger partial charge in [-0.1, -0.05) is 37.7 Å². The molecule has 0 radical (unpaired) electrons. The summed E-state index contributed by atoms with van der Waals surface area (Å²) in [4.78, 5) is 42.3. The Labute approximate surface area is 202 Å². The van der Waals surface area contributed by atoms with Crippen molar-refractivity contribution in [1.82, 2.24) is 5.32 Å². The summed E-state index contributed by atoms with van der Waals surface area (Å²) in [7, 11) is 0. The standard InChI is InChI=1S/C26H27N3O4S/c1-15(2)23(28-24(30)20-9-7-13-33-20)25(31)27-17-11-12-19-22(14-17)34-21-10-6-5-8-18(21)26(32)29(19)16(3)4/h5-16,23H,1-4H3,(H,27,31)(H,28,30). The Hall–Kier alpha value is -3.52. The number of carbonyl (C=O) groups excluding carboxylic acids is 3. The Kier molecular flexibility index (Phi) is 6.79. The van der Waals surface area contributed by atoms with Gasteiger partial charge in [-0.3, -0.25) is 14.4 Å². The third-order valence-corrected chi connectivity index (χ3v) is 6.66. The molecule has 3 amide bonds. The number of hydrogen-bond acceptors (Lipinski definition) is 5. The molecule has 2 N–H and O–H groups in total. The zero-order valence-electron chi connectivity index (χ0n) is 19.5. The van der Waals surface area contributed by atoms with Crippen molar-refractivity contribution in [2.24, 2.45) is 5.92 Å². The van der Waals surface area contributed by atoms with Gasteiger partial charge < -0.3 is 20.0 Å². The summed E-state index contributed by atoms with van der Waals surface area (Å²) in [6, 6.07) is 15.4. The van der Waals surface area contributed by atoms with Crippen LogP contribution in [0.4, 0.5) is 11.4 Å². The van der Waals surface area contributed by atoms with E-state index in [4.69, 9.17) is 4.42 Å². The van der Waals surface area contributed by atoms with Gasteiger partial charge >= 0.3 is 0 Å². The van der Waals surface area contributed by atoms with Crippen LogP contribution < -0.4 is 15.5 Å². The van der Waals surface area contributed by atoms with Crippen LogP contribution in [0.1, 0.15) is 48.6 Å². The lowest BCUT2D eigenvalue weighted by Crippen LogP contribution is -2.47. The molecule has 3 aromatic rings. The summed E-state index contributed by atoms with van der Waals surface area (Å²) in [6.07, 6.45) is 1.41. The lowest BCUT2D eigenvalue weighted by atomic mass is 10.0. The molecule has 2 heterocycles. The van der Waals surface area contributed by atoms with E-state index >= 15 is 0 Å². The quantitative estimate of drug-likeness (QED) is 0.510. The van der Waals surface area contributed by atoms with Crippen molar-refractivity contribution in [3.63, 3.8) is 0 Å². The van der Waals surface area contributed by atoms with Crippen LogP contribution in [-0.4, -0.2) is 29.8 Å². The molecule has 0 spiro atoms. The summed E-state index contributed by atoms with van der Waals surface area (Å²) in [5.74, 6) is -0.814. The molecule has 1 aliphatic rings. The average Bonchev–Trinajstić information content (AvgIpc) is 3.30. The summed E-state index contributed by atoms with van der Waals surface area (Å²) in [5, 5.41) is 5.67. The van der Waals surface area contributed by atoms with Gasteiger partial charge in [0.1, 0.15) is 6.04 Å². The molecule has 0 bridgehead atoms. The minimum absolute atomic E-state index is 0.0411. The molecule has 0 saturated heterocycles. The second-order valence-corrected chi connectivity index (χ2v) is 9.80. The molecule has 2 aromatic carbocycles. The summed E-state index contributed by atoms with van der Waals surface area (Å²) in [5.41, 5.74) is 2.04. The van der Waals surface area contributed by atoms with Gasteiger partial charge in [-0.15, -0.1) is 0 Å². The molecule has 1 aromatic heterocycles. The third kappa shape index (κ3) is 4.72. The number of furan rings is 1. The lowest BCUT2D eigenvalue weighted by Gasteiger charge is -2.27. The van der Waals surface area contributed by atoms with Gasteiger partial charge in [0.05, 0.1) is 17.5 Å². The number of fused-ring (bicyclic) bond motifs is 2. The van der Waals surface area contributed by atoms with Crippen molar-refractivity contribution >= 4 is 40.9 Å². The molecule has 1 unspecified atom stereocenters. The molecule has 8 heteroatoms. The number of carbonyl (C=O) groups is 3. The van der Waals surface area contributed by atoms with Crippen molar-refractivity contribution in [3.05, 3.63) is 72.2 Å². The van der Waals surface area contributed by atoms with Crippen molar-refractivity contribution in [3.8, 4) is 0 Å². The highest BCUT2D eigenvalue weighted by molar-refractivity contribution is 7.99. The van der Waals surface area contributed by atoms with E-state index in [0.717, 1.165) is 15.5 Å². The molecule has 4 rings (SSSR count). The highest BCUT2D eigenvalue weighted by Crippen LogP contribution is 2.43. The van der Waals surface area contributed by atoms with E-state index < -0.39 is 11.9 Å². The van der Waals surface area contributed by atoms with Crippen LogP contribution in [0.2, 0.25) is 0 Å². The van der Waals surface area contributed by atoms with Crippen LogP contribution in [0.5, 0.6) is 0 Å². The minimum atomic E-state index is -0.751. The number of hydrogen-bond donors (Lipinski definition) is 2. The number of nitrogens with zero attached hydrogens (tertiary/aromatic N) is 1. The lowest BCUT2D eigenvalue weighted by molar-refractivity contribution is -0.118. The topological polar surface area (TPSA) is 91.6 Å². The average molecular weight is 478 g/mol. The summed E-state index contributed by atoms with van der Waals surface area (Å²) in [6.45, 7) is 7.68. The van der Waals surface area contributed by atoms with Crippen molar-refractivity contribution < 1.29 is 18.8 Å². The molecule has 7 nitrogen and oxygen atoms in total. The molecule has 176 valence electrons. The molecule has 0 saturated carbocycles. The molecular weight excluding hydrogens is 450 g/mol. The molecule has 0 fully saturated rings. The monoisotopic (exact) mass is 477 g/mol. The zero-order valence-corrected chi connectivity index (χ0v) is 20.3. The van der Waals surface area contributed by atoms with Crippen LogP contribution in [0.25, 0.3) is 0 Å². The van der Waals surface area contributed by atoms with Crippen molar-refractivity contribution in [2.45, 2.75) is 49.6 Å². The van der Waals surface area contributed by atoms with Gasteiger partial charge in [0.25, 0.3) is 11.8 Å². The highest BCUT2D eigenvalue weighted by atomic mass is 32.2. The van der Waals surface area contributed by atoms with Gasteiger partial charge in [0.2, 0.25) is 5.91 Å². The second-order valence-electron chi connectivity index (χ2n) is 8.71. The van der Waals surface area contributed by atoms with Gasteiger partial charge in [0.15, 0.2) is 5.76 Å². The fraction of sp³-hybridized carbons (Fsp3) is 0.269. The maximum absolute atomic E-state index is 13.3. The molecule has 0 aliphatic carbocycles. The number of nitrogens with one attached hydrogen (secondary N) is 2. The second kappa shape index (κ2) is 9.77. The Balaban J connectivity index is 1.61. The SMILES string of the molecule is CC(C)C(NC(=O)c1ccco1)C(=O)Nc1ccc2c(c1)Sc1ccccc1C(=O)N2C(C)C. The van der Waals surface area contributed by atoms with Crippen molar-refractivity contribution in [2.75, 3.05) is 10.2 Å². The molecule has 1 atom stereocenters. The maximum Gasteiger partial charge on any atom is 0.287 e. The number of anilines is 2. The van der Waals surface area contributed by atoms with Crippen molar-refractivity contribution in [1.29, 1.82) is 0 Å². The van der Waals surface area contributed by atoms with Gasteiger partial charge in [-0.05, 0) is 62.2 Å². The number of benzene rings is 2. The van der Waals surface area contributed by atoms with Crippen LogP contribution in [-0.2, 0) is 4.79 Å². The van der Waals surface area contributed by atoms with E-state index in [1.54, 1.807) is 23.1 Å². The van der Waals surface area contributed by atoms with E-state index in [0.29, 0.717) is 11.3 Å². The Morgan fingerprint density at radius 3 is 2.41 bits per heavy atom. The number of amides is 3. The summed E-state index contributed by atoms with van der Waals surface area (Å²) < 4.78 is 5.14. The van der Waals surface area contributed by atoms with Crippen LogP contribution in [0, 0.1) is 5.92 Å². The normalized spacial score (nSPS) is 13.8. The van der Waals surface area contributed by atoms with Crippen LogP contribution in [0.3, 0.4) is 0 Å². The Morgan fingerprint density at radius 2 is 1.74 bits per heavy atom. The van der Waals surface area contributed by atoms with E-state index in [1.165, 1.54) is 18.0 Å². The minimum Gasteiger partial charge on any atom is -0.459 e. The smallest absolute Gasteiger partial charge is 0.287 e. The Morgan fingerprint density at radius 1 is 0.971 bits per heavy atom. The van der Waals surface area contributed by atoms with Crippen LogP contribution in [0.15, 0.2) is 75.1 Å². The summed E-state index contributed by atoms with van der Waals surface area (Å²) >= 11 is 1.50. The first-order valence-electron chi connectivity index (χ1n) is 11.2. The van der Waals surface area contributed by atoms with Crippen LogP contribution >= 0.6 is 11.8 Å². The fourth-order valence-corrected chi connectivity index (χ4v) is 4.96. The first kappa shape index (κ1) is 23.6. The Bertz CT molecular complexity index is 1220. The molecule has 1 aliphatic heterocycles. The van der Waals surface area contributed by atoms with Gasteiger partial charge in [-0.25, -0.2) is 0 Å². The number of rotatable bonds is 6. The highest BCUT2D eigenvalue weighted by Gasteiger charge is 2.30. The first-order chi connectivity index (χ1) is 16.3. The third-order valence-electron chi connectivity index (χ3n) is 5.54. The van der Waals surface area contributed by atoms with E-state index in [-0.39, 0.29) is 29.5 Å².